The van der Waals surface area contributed by atoms with E-state index in [0.29, 0.717) is 47.5 Å². The molecule has 91 heavy (non-hydrogen) atoms. The molecule has 0 radical (unpaired) electrons. The minimum Gasteiger partial charge on any atom is -0.436 e. The van der Waals surface area contributed by atoms with Crippen LogP contribution in [0.3, 0.4) is 0 Å². The Morgan fingerprint density at radius 1 is 0.648 bits per heavy atom. The Morgan fingerprint density at radius 3 is 1.32 bits per heavy atom. The number of cyclic esters (lactones) is 1. The van der Waals surface area contributed by atoms with Gasteiger partial charge in [0.1, 0.15) is 0 Å². The van der Waals surface area contributed by atoms with Crippen LogP contribution in [-0.2, 0) is 68.5 Å². The number of carbonyl (C=O) groups excluding carboxylic acids is 8. The Kier molecular flexibility index (Phi) is 42.7. The van der Waals surface area contributed by atoms with E-state index in [4.69, 9.17) is 17.1 Å². The molecule has 7 rings (SSSR count). The van der Waals surface area contributed by atoms with Crippen LogP contribution in [0.15, 0.2) is 25.6 Å². The number of oxime groups is 2. The van der Waals surface area contributed by atoms with E-state index < -0.39 is 70.0 Å². The van der Waals surface area contributed by atoms with Crippen LogP contribution in [0.25, 0.3) is 0 Å². The summed E-state index contributed by atoms with van der Waals surface area (Å²) >= 11 is 8.36. The fourth-order valence-corrected chi connectivity index (χ4v) is 8.64. The standard InChI is InChI=1S/C6H9NO3.C6H9NO2S.C6H9NO2.3C6H9NOS.C5H11NO3S.C4H8N4.C4H10N2O3S.C3H9NO2S/c2*1-3(2)4-5(8)7-6(9)10-4;1-4(2)5-3-6(8)9-7-5;1-4(2)5-3-6(8)7-9-5;1-4(2)5-3-6(8)9-7-5;1-4(2)5-3-6(9)8-7-5;1-4(2)10(8,9)6-5(3)7;1-3(2)4-5-7-8-6-4;1-3(2)10(8,9)6-4(5)7;1-3(2)7(4,5)6/h2*3-4H,1-2H3,(H,7,8,9);4H,3H2,1-2H3;3-4H,1-2H3,(H,7,8);2*4H,3H2,1-2H3;4H,1-3H3,(H,6,7);3H,1-2H3,(H,5,6,7,8);3H,1-2H3,(H3,5,6,7);3H,1-2H3,(H2,4,5,6). The number of imide groups is 2. The first-order chi connectivity index (χ1) is 41.5. The number of primary sulfonamides is 1. The number of nitrogens with zero attached hydrogens (tertiary/aromatic N) is 6. The first-order valence-corrected chi connectivity index (χ1v) is 35.7. The van der Waals surface area contributed by atoms with Crippen molar-refractivity contribution in [2.24, 2.45) is 55.2 Å². The number of nitrogens with one attached hydrogen (secondary N) is 6. The first-order valence-electron chi connectivity index (χ1n) is 28.1. The molecule has 10 N–H and O–H groups in total. The zero-order valence-corrected chi connectivity index (χ0v) is 60.9. The van der Waals surface area contributed by atoms with Crippen LogP contribution < -0.4 is 36.5 Å². The van der Waals surface area contributed by atoms with Crippen molar-refractivity contribution in [1.29, 1.82) is 0 Å². The maximum atomic E-state index is 10.9. The molecular weight excluding hydrogens is 1330 g/mol. The van der Waals surface area contributed by atoms with Gasteiger partial charge in [-0.2, -0.15) is 5.21 Å². The number of alkyl carbamates (subject to hydrolysis) is 1. The van der Waals surface area contributed by atoms with Crippen LogP contribution in [-0.4, -0.2) is 146 Å². The van der Waals surface area contributed by atoms with Gasteiger partial charge in [-0.25, -0.2) is 53.9 Å². The summed E-state index contributed by atoms with van der Waals surface area (Å²) in [6.07, 6.45) is 0.448. The largest absolute Gasteiger partial charge is 0.436 e. The number of carbonyl (C=O) groups is 8. The van der Waals surface area contributed by atoms with E-state index in [0.717, 1.165) is 58.0 Å². The number of aromatic amines is 2. The Bertz CT molecular complexity index is 3010. The molecule has 520 valence electrons. The highest BCUT2D eigenvalue weighted by molar-refractivity contribution is 8.15. The highest BCUT2D eigenvalue weighted by atomic mass is 32.2. The van der Waals surface area contributed by atoms with Crippen molar-refractivity contribution in [3.63, 3.8) is 0 Å². The maximum absolute atomic E-state index is 10.9. The summed E-state index contributed by atoms with van der Waals surface area (Å²) in [5.41, 5.74) is 7.54. The molecule has 5 aliphatic heterocycles. The number of tetrazole rings is 1. The number of aromatic nitrogens is 5. The summed E-state index contributed by atoms with van der Waals surface area (Å²) in [4.78, 5) is 105. The Labute approximate surface area is 551 Å². The van der Waals surface area contributed by atoms with Crippen molar-refractivity contribution in [2.75, 3.05) is 0 Å². The third-order valence-electron chi connectivity index (χ3n) is 10.8. The molecule has 0 aromatic carbocycles. The van der Waals surface area contributed by atoms with Gasteiger partial charge in [-0.1, -0.05) is 136 Å². The lowest BCUT2D eigenvalue weighted by atomic mass is 10.1. The number of urea groups is 1. The van der Waals surface area contributed by atoms with Crippen molar-refractivity contribution in [2.45, 2.75) is 204 Å². The minimum atomic E-state index is -3.52. The summed E-state index contributed by atoms with van der Waals surface area (Å²) in [6.45, 7) is 38.1. The fourth-order valence-electron chi connectivity index (χ4n) is 5.08. The molecule has 0 spiro atoms. The number of hydrogen-bond donors (Lipinski definition) is 8. The molecule has 7 heterocycles. The van der Waals surface area contributed by atoms with Crippen molar-refractivity contribution in [1.82, 2.24) is 45.1 Å². The number of nitrogens with two attached hydrogens (primary N) is 2. The molecular formula is C52H92N14O18S7. The van der Waals surface area contributed by atoms with Gasteiger partial charge in [-0.05, 0) is 89.3 Å². The van der Waals surface area contributed by atoms with E-state index in [1.807, 2.05) is 65.4 Å². The molecule has 0 bridgehead atoms. The Hall–Kier alpha value is -6.13. The van der Waals surface area contributed by atoms with Gasteiger partial charge in [0.05, 0.1) is 51.7 Å². The summed E-state index contributed by atoms with van der Waals surface area (Å²) in [6, 6.07) is 0.601. The number of amides is 7. The molecule has 0 aliphatic carbocycles. The number of sulfonamides is 3. The lowest BCUT2D eigenvalue weighted by Crippen LogP contribution is -2.39. The topological polar surface area (TPSA) is 491 Å². The summed E-state index contributed by atoms with van der Waals surface area (Å²) in [5, 5.41) is 28.4. The number of ether oxygens (including phenoxy) is 1. The number of rotatable bonds is 12. The van der Waals surface area contributed by atoms with Gasteiger partial charge in [0, 0.05) is 41.4 Å². The number of H-pyrrole nitrogens is 2. The summed E-state index contributed by atoms with van der Waals surface area (Å²) in [5.74, 6) is 1.85. The second-order valence-electron chi connectivity index (χ2n) is 22.4. The number of hydrogen-bond acceptors (Lipinski definition) is 28. The van der Waals surface area contributed by atoms with Crippen LogP contribution in [0, 0.1) is 29.6 Å². The van der Waals surface area contributed by atoms with Gasteiger partial charge >= 0.3 is 18.1 Å². The predicted molar refractivity (Wildman–Crippen MR) is 356 cm³/mol. The van der Waals surface area contributed by atoms with E-state index >= 15 is 0 Å². The highest BCUT2D eigenvalue weighted by Crippen LogP contribution is 2.25. The Morgan fingerprint density at radius 2 is 1.14 bits per heavy atom. The van der Waals surface area contributed by atoms with Crippen LogP contribution in [0.4, 0.5) is 14.4 Å². The quantitative estimate of drug-likeness (QED) is 0.0643. The van der Waals surface area contributed by atoms with Crippen molar-refractivity contribution < 1.29 is 78.0 Å². The molecule has 5 aliphatic rings. The fraction of sp³-hybridized carbons (Fsp3) is 0.692. The molecule has 2 aromatic rings. The third-order valence-corrected chi connectivity index (χ3v) is 19.0. The van der Waals surface area contributed by atoms with E-state index in [1.165, 1.54) is 60.0 Å². The van der Waals surface area contributed by atoms with Crippen molar-refractivity contribution in [3.8, 4) is 0 Å². The van der Waals surface area contributed by atoms with E-state index in [1.54, 1.807) is 10.8 Å². The normalized spacial score (nSPS) is 16.5. The van der Waals surface area contributed by atoms with Crippen LogP contribution in [0.1, 0.15) is 187 Å². The van der Waals surface area contributed by atoms with Gasteiger partial charge < -0.3 is 20.1 Å². The van der Waals surface area contributed by atoms with Crippen molar-refractivity contribution >= 4 is 146 Å². The van der Waals surface area contributed by atoms with E-state index in [9.17, 15) is 68.4 Å². The smallest absolute Gasteiger partial charge is 0.414 e. The maximum Gasteiger partial charge on any atom is 0.414 e. The average molecular weight is 1430 g/mol. The lowest BCUT2D eigenvalue weighted by Gasteiger charge is -2.08. The zero-order chi connectivity index (χ0) is 71.6. The van der Waals surface area contributed by atoms with Crippen molar-refractivity contribution in [3.05, 3.63) is 27.1 Å². The molecule has 2 aromatic heterocycles. The van der Waals surface area contributed by atoms with Gasteiger partial charge in [-0.15, -0.1) is 10.2 Å². The summed E-state index contributed by atoms with van der Waals surface area (Å²) < 4.78 is 78.0. The highest BCUT2D eigenvalue weighted by Gasteiger charge is 2.35. The number of thiocarbonyl (C=S) groups is 1. The molecule has 2 fully saturated rings. The molecule has 0 saturated carbocycles. The summed E-state index contributed by atoms with van der Waals surface area (Å²) in [7, 11) is -10.2. The predicted octanol–water partition coefficient (Wildman–Crippen LogP) is 6.44. The second kappa shape index (κ2) is 43.7. The minimum absolute atomic E-state index is 0.0173. The molecule has 2 atom stereocenters. The van der Waals surface area contributed by atoms with Gasteiger partial charge in [0.2, 0.25) is 52.1 Å². The average Bonchev–Trinajstić information content (AvgIpc) is 2.75. The zero-order valence-electron chi connectivity index (χ0n) is 55.2. The number of primary amides is 1. The van der Waals surface area contributed by atoms with Crippen LogP contribution in [0.2, 0.25) is 0 Å². The van der Waals surface area contributed by atoms with E-state index in [-0.39, 0.29) is 50.8 Å². The van der Waals surface area contributed by atoms with Gasteiger partial charge in [0.15, 0.2) is 11.9 Å². The van der Waals surface area contributed by atoms with Gasteiger partial charge in [0.25, 0.3) is 16.7 Å². The third kappa shape index (κ3) is 41.2. The van der Waals surface area contributed by atoms with Gasteiger partial charge in [-0.3, -0.25) is 48.5 Å². The second-order valence-corrected chi connectivity index (χ2v) is 32.3. The lowest BCUT2D eigenvalue weighted by molar-refractivity contribution is -0.140. The molecule has 32 nitrogen and oxygen atoms in total. The molecule has 39 heteroatoms. The van der Waals surface area contributed by atoms with Crippen LogP contribution in [0.5, 0.6) is 0 Å². The van der Waals surface area contributed by atoms with Crippen LogP contribution >= 0.6 is 47.5 Å². The molecule has 2 saturated heterocycles. The number of thioether (sulfide) groups is 1. The first kappa shape index (κ1) is 89.1. The SMILES string of the molecule is CC(=O)NS(=O)(=O)C(C)C.CC(C)C1=NOC(=O)C1.CC(C)C1=NOC(=S)C1.CC(C)C1=NSC(=O)C1.CC(C)C1OC(=O)NC1=O.CC(C)C1SC(=O)NC1=O.CC(C)S(=O)(=O)NC(N)=O.CC(C)S(N)(=O)=O.CC(C)c1cc(=O)[nH]s1.CC(C)c1nn[nH]n1. The van der Waals surface area contributed by atoms with E-state index in [2.05, 4.69) is 107 Å². The monoisotopic (exact) mass is 1420 g/mol. The molecule has 7 amide bonds. The Balaban J connectivity index is -0.000000947. The molecule has 2 unspecified atom stereocenters.